The SMILES string of the molecule is CCCCCC(CC)C(O)C(O)CO.Oc1ccccc1-c1ccccc1. The molecule has 0 aliphatic carbocycles. The van der Waals surface area contributed by atoms with Gasteiger partial charge in [0.2, 0.25) is 0 Å². The molecule has 2 aromatic rings. The number of hydrogen-bond acceptors (Lipinski definition) is 4. The number of aromatic hydroxyl groups is 1. The number of unbranched alkanes of at least 4 members (excludes halogenated alkanes) is 2. The quantitative estimate of drug-likeness (QED) is 0.492. The van der Waals surface area contributed by atoms with Gasteiger partial charge in [0.05, 0.1) is 12.7 Å². The van der Waals surface area contributed by atoms with E-state index >= 15 is 0 Å². The van der Waals surface area contributed by atoms with Gasteiger partial charge in [-0.3, -0.25) is 0 Å². The van der Waals surface area contributed by atoms with Crippen LogP contribution in [0.2, 0.25) is 0 Å². The predicted molar refractivity (Wildman–Crippen MR) is 111 cm³/mol. The fourth-order valence-corrected chi connectivity index (χ4v) is 3.03. The van der Waals surface area contributed by atoms with Crippen molar-refractivity contribution < 1.29 is 20.4 Å². The van der Waals surface area contributed by atoms with Crippen LogP contribution in [0.25, 0.3) is 11.1 Å². The van der Waals surface area contributed by atoms with Gasteiger partial charge < -0.3 is 20.4 Å². The lowest BCUT2D eigenvalue weighted by molar-refractivity contribution is -0.0461. The first-order valence-corrected chi connectivity index (χ1v) is 9.85. The van der Waals surface area contributed by atoms with Gasteiger partial charge >= 0.3 is 0 Å². The van der Waals surface area contributed by atoms with E-state index in [4.69, 9.17) is 5.11 Å². The molecule has 27 heavy (non-hydrogen) atoms. The lowest BCUT2D eigenvalue weighted by atomic mass is 9.90. The number of para-hydroxylation sites is 1. The van der Waals surface area contributed by atoms with Crippen LogP contribution in [0.15, 0.2) is 54.6 Å². The molecule has 0 fully saturated rings. The van der Waals surface area contributed by atoms with E-state index in [0.29, 0.717) is 5.75 Å². The molecule has 0 aromatic heterocycles. The van der Waals surface area contributed by atoms with Crippen molar-refractivity contribution in [3.05, 3.63) is 54.6 Å². The van der Waals surface area contributed by atoms with Crippen LogP contribution in [0.4, 0.5) is 0 Å². The summed E-state index contributed by atoms with van der Waals surface area (Å²) in [5.41, 5.74) is 1.92. The zero-order valence-corrected chi connectivity index (χ0v) is 16.5. The number of rotatable bonds is 9. The molecule has 4 heteroatoms. The van der Waals surface area contributed by atoms with Gasteiger partial charge in [-0.15, -0.1) is 0 Å². The van der Waals surface area contributed by atoms with Gasteiger partial charge in [0.1, 0.15) is 11.9 Å². The number of phenols is 1. The second-order valence-electron chi connectivity index (χ2n) is 6.79. The highest BCUT2D eigenvalue weighted by molar-refractivity contribution is 5.69. The normalized spacial score (nSPS) is 14.0. The Morgan fingerprint density at radius 1 is 0.852 bits per heavy atom. The summed E-state index contributed by atoms with van der Waals surface area (Å²) in [6.07, 6.45) is 3.44. The molecule has 3 atom stereocenters. The number of phenolic OH excluding ortho intramolecular Hbond substituents is 1. The lowest BCUT2D eigenvalue weighted by Crippen LogP contribution is -2.35. The van der Waals surface area contributed by atoms with Crippen molar-refractivity contribution in [3.63, 3.8) is 0 Å². The molecular weight excluding hydrogens is 340 g/mol. The largest absolute Gasteiger partial charge is 0.507 e. The Hall–Kier alpha value is -1.88. The van der Waals surface area contributed by atoms with E-state index in [1.165, 1.54) is 6.42 Å². The Morgan fingerprint density at radius 3 is 2.04 bits per heavy atom. The maximum atomic E-state index is 9.67. The molecule has 0 saturated heterocycles. The van der Waals surface area contributed by atoms with E-state index in [0.717, 1.165) is 36.8 Å². The minimum Gasteiger partial charge on any atom is -0.507 e. The van der Waals surface area contributed by atoms with E-state index in [1.807, 2.05) is 55.5 Å². The predicted octanol–water partition coefficient (Wildman–Crippen LogP) is 4.37. The Kier molecular flexibility index (Phi) is 11.4. The summed E-state index contributed by atoms with van der Waals surface area (Å²) < 4.78 is 0. The third-order valence-corrected chi connectivity index (χ3v) is 4.76. The summed E-state index contributed by atoms with van der Waals surface area (Å²) in [5.74, 6) is 0.442. The molecule has 0 radical (unpaired) electrons. The van der Waals surface area contributed by atoms with Crippen molar-refractivity contribution in [2.24, 2.45) is 5.92 Å². The van der Waals surface area contributed by atoms with Gasteiger partial charge in [-0.25, -0.2) is 0 Å². The second kappa shape index (κ2) is 13.3. The lowest BCUT2D eigenvalue weighted by Gasteiger charge is -2.24. The van der Waals surface area contributed by atoms with Crippen LogP contribution >= 0.6 is 0 Å². The number of aliphatic hydroxyl groups is 3. The monoisotopic (exact) mass is 374 g/mol. The highest BCUT2D eigenvalue weighted by Gasteiger charge is 2.23. The van der Waals surface area contributed by atoms with E-state index in [1.54, 1.807) is 6.07 Å². The van der Waals surface area contributed by atoms with E-state index in [-0.39, 0.29) is 12.5 Å². The van der Waals surface area contributed by atoms with Gasteiger partial charge in [-0.1, -0.05) is 88.1 Å². The number of aliphatic hydroxyl groups excluding tert-OH is 3. The molecule has 2 aromatic carbocycles. The maximum absolute atomic E-state index is 9.67. The minimum atomic E-state index is -0.985. The molecule has 2 rings (SSSR count). The standard InChI is InChI=1S/C12H10O.C11H24O3/c13-12-9-5-4-8-11(12)10-6-2-1-3-7-10;1-3-5-6-7-9(4-2)11(14)10(13)8-12/h1-9,13H;9-14H,3-8H2,1-2H3. The van der Waals surface area contributed by atoms with Gasteiger partial charge in [0.25, 0.3) is 0 Å². The zero-order valence-electron chi connectivity index (χ0n) is 16.5. The molecular formula is C23H34O4. The first kappa shape index (κ1) is 23.2. The molecule has 0 bridgehead atoms. The molecule has 4 nitrogen and oxygen atoms in total. The fraction of sp³-hybridized carbons (Fsp3) is 0.478. The van der Waals surface area contributed by atoms with Crippen molar-refractivity contribution in [1.29, 1.82) is 0 Å². The average molecular weight is 375 g/mol. The summed E-state index contributed by atoms with van der Waals surface area (Å²) in [5, 5.41) is 37.2. The van der Waals surface area contributed by atoms with Gasteiger partial charge in [-0.05, 0) is 24.0 Å². The summed E-state index contributed by atoms with van der Waals surface area (Å²) in [4.78, 5) is 0. The molecule has 4 N–H and O–H groups in total. The fourth-order valence-electron chi connectivity index (χ4n) is 3.03. The molecule has 0 spiro atoms. The summed E-state index contributed by atoms with van der Waals surface area (Å²) in [6.45, 7) is 3.79. The maximum Gasteiger partial charge on any atom is 0.123 e. The molecule has 0 saturated carbocycles. The highest BCUT2D eigenvalue weighted by Crippen LogP contribution is 2.27. The van der Waals surface area contributed by atoms with Crippen molar-refractivity contribution in [2.45, 2.75) is 58.2 Å². The molecule has 3 unspecified atom stereocenters. The minimum absolute atomic E-state index is 0.115. The molecule has 0 aliphatic heterocycles. The van der Waals surface area contributed by atoms with Crippen LogP contribution in [0.3, 0.4) is 0 Å². The third-order valence-electron chi connectivity index (χ3n) is 4.76. The summed E-state index contributed by atoms with van der Waals surface area (Å²) in [7, 11) is 0. The second-order valence-corrected chi connectivity index (χ2v) is 6.79. The van der Waals surface area contributed by atoms with Crippen molar-refractivity contribution >= 4 is 0 Å². The first-order valence-electron chi connectivity index (χ1n) is 9.85. The Bertz CT molecular complexity index is 615. The smallest absolute Gasteiger partial charge is 0.123 e. The Labute approximate surface area is 163 Å². The summed E-state index contributed by atoms with van der Waals surface area (Å²) >= 11 is 0. The van der Waals surface area contributed by atoms with Crippen LogP contribution in [0.1, 0.15) is 46.0 Å². The molecule has 0 aliphatic rings. The van der Waals surface area contributed by atoms with Crippen LogP contribution < -0.4 is 0 Å². The van der Waals surface area contributed by atoms with Crippen molar-refractivity contribution in [1.82, 2.24) is 0 Å². The topological polar surface area (TPSA) is 80.9 Å². The molecule has 150 valence electrons. The van der Waals surface area contributed by atoms with Crippen molar-refractivity contribution in [2.75, 3.05) is 6.61 Å². The van der Waals surface area contributed by atoms with Gasteiger partial charge in [-0.2, -0.15) is 0 Å². The Balaban J connectivity index is 0.000000270. The first-order chi connectivity index (χ1) is 13.0. The van der Waals surface area contributed by atoms with E-state index < -0.39 is 12.2 Å². The van der Waals surface area contributed by atoms with Crippen molar-refractivity contribution in [3.8, 4) is 16.9 Å². The van der Waals surface area contributed by atoms with Gasteiger partial charge in [0.15, 0.2) is 0 Å². The zero-order chi connectivity index (χ0) is 20.1. The average Bonchev–Trinajstić information content (AvgIpc) is 2.71. The molecule has 0 heterocycles. The molecule has 0 amide bonds. The van der Waals surface area contributed by atoms with Gasteiger partial charge in [0, 0.05) is 5.56 Å². The van der Waals surface area contributed by atoms with Crippen LogP contribution in [-0.2, 0) is 0 Å². The highest BCUT2D eigenvalue weighted by atomic mass is 16.4. The van der Waals surface area contributed by atoms with Crippen LogP contribution in [0.5, 0.6) is 5.75 Å². The number of hydrogen-bond donors (Lipinski definition) is 4. The number of benzene rings is 2. The summed E-state index contributed by atoms with van der Waals surface area (Å²) in [6, 6.07) is 17.2. The Morgan fingerprint density at radius 2 is 1.48 bits per heavy atom. The van der Waals surface area contributed by atoms with E-state index in [2.05, 4.69) is 6.92 Å². The van der Waals surface area contributed by atoms with Crippen LogP contribution in [-0.4, -0.2) is 39.2 Å². The third kappa shape index (κ3) is 8.12. The van der Waals surface area contributed by atoms with E-state index in [9.17, 15) is 15.3 Å². The van der Waals surface area contributed by atoms with Crippen LogP contribution in [0, 0.1) is 5.92 Å².